The Morgan fingerprint density at radius 2 is 1.72 bits per heavy atom. The van der Waals surface area contributed by atoms with Crippen LogP contribution in [0.2, 0.25) is 0 Å². The maximum Gasteiger partial charge on any atom is 0.176 e. The number of benzene rings is 1. The van der Waals surface area contributed by atoms with Crippen molar-refractivity contribution in [3.05, 3.63) is 35.4 Å². The Bertz CT molecular complexity index is 391. The van der Waals surface area contributed by atoms with Gasteiger partial charge in [-0.15, -0.1) is 0 Å². The van der Waals surface area contributed by atoms with E-state index in [0.717, 1.165) is 38.2 Å². The molecule has 18 heavy (non-hydrogen) atoms. The third kappa shape index (κ3) is 3.40. The third-order valence-electron chi connectivity index (χ3n) is 3.65. The molecule has 0 aromatic heterocycles. The smallest absolute Gasteiger partial charge is 0.176 e. The molecule has 0 radical (unpaired) electrons. The van der Waals surface area contributed by atoms with Crippen molar-refractivity contribution in [2.45, 2.75) is 13.3 Å². The van der Waals surface area contributed by atoms with E-state index in [2.05, 4.69) is 35.9 Å². The molecular weight excluding hydrogens is 224 g/mol. The maximum absolute atomic E-state index is 12.1. The highest BCUT2D eigenvalue weighted by Crippen LogP contribution is 2.08. The molecular formula is C15H22N2O. The van der Waals surface area contributed by atoms with Crippen molar-refractivity contribution in [1.82, 2.24) is 9.80 Å². The molecule has 0 bridgehead atoms. The number of carbonyl (C=O) groups excluding carboxylic acids is 1. The topological polar surface area (TPSA) is 23.6 Å². The lowest BCUT2D eigenvalue weighted by Gasteiger charge is -2.31. The number of Topliss-reactive ketones (excluding diaryl/α,β-unsaturated/α-hetero) is 1. The normalized spacial score (nSPS) is 17.9. The molecule has 1 fully saturated rings. The summed E-state index contributed by atoms with van der Waals surface area (Å²) in [6.07, 6.45) is 1.02. The summed E-state index contributed by atoms with van der Waals surface area (Å²) in [5, 5.41) is 0. The minimum Gasteiger partial charge on any atom is -0.304 e. The molecule has 0 saturated carbocycles. The second kappa shape index (κ2) is 6.12. The number of rotatable bonds is 4. The van der Waals surface area contributed by atoms with Gasteiger partial charge >= 0.3 is 0 Å². The Balaban J connectivity index is 1.90. The van der Waals surface area contributed by atoms with Crippen LogP contribution >= 0.6 is 0 Å². The summed E-state index contributed by atoms with van der Waals surface area (Å²) < 4.78 is 0. The molecule has 0 N–H and O–H groups in total. The van der Waals surface area contributed by atoms with Gasteiger partial charge in [0.05, 0.1) is 6.54 Å². The monoisotopic (exact) mass is 246 g/mol. The van der Waals surface area contributed by atoms with E-state index in [1.54, 1.807) is 0 Å². The van der Waals surface area contributed by atoms with E-state index in [1.807, 2.05) is 12.1 Å². The van der Waals surface area contributed by atoms with Gasteiger partial charge in [-0.1, -0.05) is 31.2 Å². The number of aryl methyl sites for hydroxylation is 1. The fraction of sp³-hybridized carbons (Fsp3) is 0.533. The van der Waals surface area contributed by atoms with Crippen LogP contribution in [-0.2, 0) is 6.42 Å². The van der Waals surface area contributed by atoms with Crippen molar-refractivity contribution in [2.75, 3.05) is 39.8 Å². The number of likely N-dealkylation sites (N-methyl/N-ethyl adjacent to an activating group) is 1. The molecule has 0 spiro atoms. The summed E-state index contributed by atoms with van der Waals surface area (Å²) in [6.45, 7) is 6.79. The molecule has 1 aromatic rings. The highest BCUT2D eigenvalue weighted by atomic mass is 16.1. The molecule has 1 aliphatic heterocycles. The second-order valence-electron chi connectivity index (χ2n) is 5.05. The Labute approximate surface area is 109 Å². The lowest BCUT2D eigenvalue weighted by molar-refractivity contribution is 0.0876. The SMILES string of the molecule is CCc1ccc(C(=O)CN2CCN(C)CC2)cc1. The number of ketones is 1. The fourth-order valence-corrected chi connectivity index (χ4v) is 2.23. The van der Waals surface area contributed by atoms with Crippen LogP contribution in [0.3, 0.4) is 0 Å². The van der Waals surface area contributed by atoms with Crippen LogP contribution in [0.5, 0.6) is 0 Å². The van der Waals surface area contributed by atoms with Gasteiger partial charge in [-0.3, -0.25) is 9.69 Å². The molecule has 1 saturated heterocycles. The first kappa shape index (κ1) is 13.2. The van der Waals surface area contributed by atoms with Crippen LogP contribution in [0.1, 0.15) is 22.8 Å². The Morgan fingerprint density at radius 1 is 1.11 bits per heavy atom. The number of hydrogen-bond donors (Lipinski definition) is 0. The van der Waals surface area contributed by atoms with Crippen LogP contribution in [0.25, 0.3) is 0 Å². The van der Waals surface area contributed by atoms with Gasteiger partial charge in [-0.2, -0.15) is 0 Å². The van der Waals surface area contributed by atoms with E-state index in [-0.39, 0.29) is 5.78 Å². The van der Waals surface area contributed by atoms with Gasteiger partial charge in [-0.25, -0.2) is 0 Å². The molecule has 1 aromatic carbocycles. The summed E-state index contributed by atoms with van der Waals surface area (Å²) in [5.41, 5.74) is 2.12. The molecule has 0 unspecified atom stereocenters. The standard InChI is InChI=1S/C15H22N2O/c1-3-13-4-6-14(7-5-13)15(18)12-17-10-8-16(2)9-11-17/h4-7H,3,8-12H2,1-2H3. The van der Waals surface area contributed by atoms with Crippen molar-refractivity contribution in [2.24, 2.45) is 0 Å². The molecule has 1 heterocycles. The molecule has 3 heteroatoms. The summed E-state index contributed by atoms with van der Waals surface area (Å²) in [4.78, 5) is 16.7. The van der Waals surface area contributed by atoms with E-state index in [0.29, 0.717) is 6.54 Å². The van der Waals surface area contributed by atoms with Crippen molar-refractivity contribution in [3.63, 3.8) is 0 Å². The van der Waals surface area contributed by atoms with E-state index in [9.17, 15) is 4.79 Å². The van der Waals surface area contributed by atoms with Crippen molar-refractivity contribution in [1.29, 1.82) is 0 Å². The molecule has 1 aliphatic rings. The van der Waals surface area contributed by atoms with Gasteiger partial charge in [-0.05, 0) is 19.0 Å². The average Bonchev–Trinajstić information content (AvgIpc) is 2.41. The summed E-state index contributed by atoms with van der Waals surface area (Å²) in [6, 6.07) is 8.02. The highest BCUT2D eigenvalue weighted by molar-refractivity contribution is 5.97. The first-order valence-electron chi connectivity index (χ1n) is 6.72. The molecule has 0 amide bonds. The third-order valence-corrected chi connectivity index (χ3v) is 3.65. The highest BCUT2D eigenvalue weighted by Gasteiger charge is 2.17. The summed E-state index contributed by atoms with van der Waals surface area (Å²) in [7, 11) is 2.13. The summed E-state index contributed by atoms with van der Waals surface area (Å²) >= 11 is 0. The minimum atomic E-state index is 0.238. The average molecular weight is 246 g/mol. The predicted octanol–water partition coefficient (Wildman–Crippen LogP) is 1.68. The van der Waals surface area contributed by atoms with Crippen LogP contribution in [0.15, 0.2) is 24.3 Å². The van der Waals surface area contributed by atoms with E-state index < -0.39 is 0 Å². The number of piperazine rings is 1. The Hall–Kier alpha value is -1.19. The predicted molar refractivity (Wildman–Crippen MR) is 74.1 cm³/mol. The number of nitrogens with zero attached hydrogens (tertiary/aromatic N) is 2. The Morgan fingerprint density at radius 3 is 2.28 bits per heavy atom. The second-order valence-corrected chi connectivity index (χ2v) is 5.05. The first-order valence-corrected chi connectivity index (χ1v) is 6.72. The van der Waals surface area contributed by atoms with Crippen LogP contribution in [-0.4, -0.2) is 55.4 Å². The number of carbonyl (C=O) groups is 1. The van der Waals surface area contributed by atoms with Crippen molar-refractivity contribution in [3.8, 4) is 0 Å². The molecule has 0 aliphatic carbocycles. The van der Waals surface area contributed by atoms with Crippen LogP contribution in [0.4, 0.5) is 0 Å². The zero-order valence-electron chi connectivity index (χ0n) is 11.4. The summed E-state index contributed by atoms with van der Waals surface area (Å²) in [5.74, 6) is 0.238. The molecule has 2 rings (SSSR count). The lowest BCUT2D eigenvalue weighted by atomic mass is 10.1. The molecule has 0 atom stereocenters. The fourth-order valence-electron chi connectivity index (χ4n) is 2.23. The zero-order chi connectivity index (χ0) is 13.0. The van der Waals surface area contributed by atoms with Crippen molar-refractivity contribution < 1.29 is 4.79 Å². The van der Waals surface area contributed by atoms with Gasteiger partial charge in [0.2, 0.25) is 0 Å². The van der Waals surface area contributed by atoms with Crippen molar-refractivity contribution >= 4 is 5.78 Å². The maximum atomic E-state index is 12.1. The molecule has 98 valence electrons. The minimum absolute atomic E-state index is 0.238. The first-order chi connectivity index (χ1) is 8.69. The molecule has 3 nitrogen and oxygen atoms in total. The lowest BCUT2D eigenvalue weighted by Crippen LogP contribution is -2.46. The largest absolute Gasteiger partial charge is 0.304 e. The van der Waals surface area contributed by atoms with Gasteiger partial charge < -0.3 is 4.90 Å². The van der Waals surface area contributed by atoms with E-state index >= 15 is 0 Å². The van der Waals surface area contributed by atoms with E-state index in [4.69, 9.17) is 0 Å². The zero-order valence-corrected chi connectivity index (χ0v) is 11.4. The number of hydrogen-bond acceptors (Lipinski definition) is 3. The van der Waals surface area contributed by atoms with Gasteiger partial charge in [0, 0.05) is 31.7 Å². The van der Waals surface area contributed by atoms with Crippen LogP contribution in [0, 0.1) is 0 Å². The van der Waals surface area contributed by atoms with Crippen LogP contribution < -0.4 is 0 Å². The van der Waals surface area contributed by atoms with Gasteiger partial charge in [0.25, 0.3) is 0 Å². The Kier molecular flexibility index (Phi) is 4.50. The van der Waals surface area contributed by atoms with Gasteiger partial charge in [0.1, 0.15) is 0 Å². The quantitative estimate of drug-likeness (QED) is 0.755. The van der Waals surface area contributed by atoms with E-state index in [1.165, 1.54) is 5.56 Å². The van der Waals surface area contributed by atoms with Gasteiger partial charge in [0.15, 0.2) is 5.78 Å².